The summed E-state index contributed by atoms with van der Waals surface area (Å²) in [5.41, 5.74) is 4.02. The number of carbonyl (C=O) groups excluding carboxylic acids is 2. The van der Waals surface area contributed by atoms with Crippen LogP contribution in [0.15, 0.2) is 88.9 Å². The fourth-order valence-corrected chi connectivity index (χ4v) is 4.19. The van der Waals surface area contributed by atoms with E-state index in [9.17, 15) is 9.59 Å². The van der Waals surface area contributed by atoms with Crippen LogP contribution in [0.25, 0.3) is 11.8 Å². The number of esters is 1. The van der Waals surface area contributed by atoms with Crippen LogP contribution < -0.4 is 9.64 Å². The van der Waals surface area contributed by atoms with Gasteiger partial charge < -0.3 is 9.47 Å². The van der Waals surface area contributed by atoms with Crippen molar-refractivity contribution in [1.29, 1.82) is 0 Å². The molecule has 0 saturated heterocycles. The van der Waals surface area contributed by atoms with Crippen molar-refractivity contribution in [2.45, 2.75) is 6.92 Å². The molecule has 0 bridgehead atoms. The monoisotopic (exact) mass is 503 g/mol. The smallest absolute Gasteiger partial charge is 0.338 e. The summed E-state index contributed by atoms with van der Waals surface area (Å²) in [6.45, 7) is 2.04. The van der Waals surface area contributed by atoms with Crippen LogP contribution in [0, 0.1) is 0 Å². The first-order valence-electron chi connectivity index (χ1n) is 10.5. The lowest BCUT2D eigenvalue weighted by molar-refractivity contribution is -0.113. The molecular weight excluding hydrogens is 482 g/mol. The fraction of sp³-hybridized carbons (Fsp3) is 0.111. The van der Waals surface area contributed by atoms with E-state index < -0.39 is 5.97 Å². The summed E-state index contributed by atoms with van der Waals surface area (Å²) in [4.78, 5) is 27.5. The van der Waals surface area contributed by atoms with Gasteiger partial charge in [0.05, 0.1) is 35.1 Å². The molecule has 166 valence electrons. The third-order valence-corrected chi connectivity index (χ3v) is 5.79. The maximum absolute atomic E-state index is 13.6. The average molecular weight is 504 g/mol. The highest BCUT2D eigenvalue weighted by molar-refractivity contribution is 9.10. The summed E-state index contributed by atoms with van der Waals surface area (Å²) in [5.74, 6) is 0.115. The Balaban J connectivity index is 1.78. The van der Waals surface area contributed by atoms with E-state index in [0.29, 0.717) is 22.6 Å². The van der Waals surface area contributed by atoms with Gasteiger partial charge in [0.1, 0.15) is 5.75 Å². The van der Waals surface area contributed by atoms with E-state index >= 15 is 0 Å². The SMILES string of the molecule is CCOC(=O)c1cccc(N2C(=O)/C(=C/c3ccc(OC)c(Br)c3)C=C2c2ccccc2)c1. The number of hydrogen-bond acceptors (Lipinski definition) is 4. The Morgan fingerprint density at radius 2 is 1.82 bits per heavy atom. The lowest BCUT2D eigenvalue weighted by Gasteiger charge is -2.21. The number of hydrogen-bond donors (Lipinski definition) is 0. The summed E-state index contributed by atoms with van der Waals surface area (Å²) >= 11 is 3.49. The highest BCUT2D eigenvalue weighted by Gasteiger charge is 2.31. The molecule has 0 N–H and O–H groups in total. The quantitative estimate of drug-likeness (QED) is 0.301. The van der Waals surface area contributed by atoms with Gasteiger partial charge in [0, 0.05) is 5.57 Å². The van der Waals surface area contributed by atoms with E-state index in [0.717, 1.165) is 21.3 Å². The van der Waals surface area contributed by atoms with Crippen molar-refractivity contribution in [1.82, 2.24) is 0 Å². The summed E-state index contributed by atoms with van der Waals surface area (Å²) in [5, 5.41) is 0. The number of rotatable bonds is 6. The van der Waals surface area contributed by atoms with Crippen molar-refractivity contribution in [2.75, 3.05) is 18.6 Å². The molecule has 3 aromatic rings. The van der Waals surface area contributed by atoms with Crippen molar-refractivity contribution in [3.05, 3.63) is 106 Å². The number of amides is 1. The Hall–Kier alpha value is -3.64. The predicted octanol–water partition coefficient (Wildman–Crippen LogP) is 6.11. The predicted molar refractivity (Wildman–Crippen MR) is 133 cm³/mol. The first kappa shape index (κ1) is 22.6. The molecule has 3 aromatic carbocycles. The second kappa shape index (κ2) is 9.88. The molecule has 6 heteroatoms. The number of methoxy groups -OCH3 is 1. The largest absolute Gasteiger partial charge is 0.496 e. The summed E-state index contributed by atoms with van der Waals surface area (Å²) < 4.78 is 11.2. The molecule has 5 nitrogen and oxygen atoms in total. The summed E-state index contributed by atoms with van der Waals surface area (Å²) in [6, 6.07) is 22.2. The molecule has 33 heavy (non-hydrogen) atoms. The van der Waals surface area contributed by atoms with Gasteiger partial charge in [0.25, 0.3) is 5.91 Å². The molecule has 1 heterocycles. The zero-order valence-corrected chi connectivity index (χ0v) is 19.8. The molecule has 0 aliphatic carbocycles. The molecule has 0 saturated carbocycles. The number of halogens is 1. The molecule has 0 spiro atoms. The molecular formula is C27H22BrNO4. The van der Waals surface area contributed by atoms with Crippen LogP contribution in [0.4, 0.5) is 5.69 Å². The molecule has 0 aromatic heterocycles. The fourth-order valence-electron chi connectivity index (χ4n) is 3.63. The van der Waals surface area contributed by atoms with Crippen molar-refractivity contribution < 1.29 is 19.1 Å². The Morgan fingerprint density at radius 1 is 1.03 bits per heavy atom. The molecule has 0 radical (unpaired) electrons. The number of nitrogens with zero attached hydrogens (tertiary/aromatic N) is 1. The van der Waals surface area contributed by atoms with Crippen LogP contribution in [0.3, 0.4) is 0 Å². The highest BCUT2D eigenvalue weighted by Crippen LogP contribution is 2.36. The van der Waals surface area contributed by atoms with Crippen LogP contribution >= 0.6 is 15.9 Å². The minimum atomic E-state index is -0.421. The lowest BCUT2D eigenvalue weighted by atomic mass is 10.1. The Bertz CT molecular complexity index is 1260. The first-order chi connectivity index (χ1) is 16.0. The van der Waals surface area contributed by atoms with E-state index in [-0.39, 0.29) is 12.5 Å². The van der Waals surface area contributed by atoms with Crippen molar-refractivity contribution in [3.8, 4) is 5.75 Å². The number of anilines is 1. The lowest BCUT2D eigenvalue weighted by Crippen LogP contribution is -2.25. The first-order valence-corrected chi connectivity index (χ1v) is 11.2. The molecule has 0 atom stereocenters. The van der Waals surface area contributed by atoms with Gasteiger partial charge in [0.15, 0.2) is 0 Å². The van der Waals surface area contributed by atoms with Crippen LogP contribution in [-0.2, 0) is 9.53 Å². The van der Waals surface area contributed by atoms with Crippen molar-refractivity contribution >= 4 is 45.3 Å². The van der Waals surface area contributed by atoms with Gasteiger partial charge in [-0.2, -0.15) is 0 Å². The number of ether oxygens (including phenoxy) is 2. The summed E-state index contributed by atoms with van der Waals surface area (Å²) in [6.07, 6.45) is 3.71. The van der Waals surface area contributed by atoms with Gasteiger partial charge in [-0.25, -0.2) is 4.79 Å². The molecule has 0 fully saturated rings. The molecule has 4 rings (SSSR count). The average Bonchev–Trinajstić information content (AvgIpc) is 3.16. The van der Waals surface area contributed by atoms with Gasteiger partial charge in [-0.3, -0.25) is 9.69 Å². The Morgan fingerprint density at radius 3 is 2.52 bits per heavy atom. The van der Waals surface area contributed by atoms with Crippen LogP contribution in [0.1, 0.15) is 28.4 Å². The topological polar surface area (TPSA) is 55.8 Å². The van der Waals surface area contributed by atoms with E-state index in [1.807, 2.05) is 66.7 Å². The van der Waals surface area contributed by atoms with Gasteiger partial charge in [-0.1, -0.05) is 42.5 Å². The standard InChI is InChI=1S/C27H22BrNO4/c1-3-33-27(31)20-10-7-11-22(16-20)29-24(19-8-5-4-6-9-19)17-21(26(29)30)14-18-12-13-25(32-2)23(28)15-18/h4-17H,3H2,1-2H3/b21-14+. The second-order valence-corrected chi connectivity index (χ2v) is 8.15. The van der Waals surface area contributed by atoms with E-state index in [1.165, 1.54) is 0 Å². The minimum absolute atomic E-state index is 0.179. The highest BCUT2D eigenvalue weighted by atomic mass is 79.9. The van der Waals surface area contributed by atoms with Crippen molar-refractivity contribution in [3.63, 3.8) is 0 Å². The molecule has 1 amide bonds. The Kier molecular flexibility index (Phi) is 6.75. The van der Waals surface area contributed by atoms with Gasteiger partial charge in [-0.15, -0.1) is 0 Å². The van der Waals surface area contributed by atoms with Crippen LogP contribution in [0.5, 0.6) is 5.75 Å². The normalized spacial score (nSPS) is 14.4. The third kappa shape index (κ3) is 4.76. The zero-order chi connectivity index (χ0) is 23.4. The Labute approximate surface area is 201 Å². The van der Waals surface area contributed by atoms with Gasteiger partial charge >= 0.3 is 5.97 Å². The van der Waals surface area contributed by atoms with E-state index in [4.69, 9.17) is 9.47 Å². The van der Waals surface area contributed by atoms with Crippen LogP contribution in [0.2, 0.25) is 0 Å². The zero-order valence-electron chi connectivity index (χ0n) is 18.2. The third-order valence-electron chi connectivity index (χ3n) is 5.17. The van der Waals surface area contributed by atoms with Gasteiger partial charge in [0.2, 0.25) is 0 Å². The maximum atomic E-state index is 13.6. The van der Waals surface area contributed by atoms with E-state index in [2.05, 4.69) is 15.9 Å². The molecule has 1 aliphatic heterocycles. The maximum Gasteiger partial charge on any atom is 0.338 e. The van der Waals surface area contributed by atoms with Gasteiger partial charge in [-0.05, 0) is 76.5 Å². The molecule has 1 aliphatic rings. The minimum Gasteiger partial charge on any atom is -0.496 e. The molecule has 0 unspecified atom stereocenters. The summed E-state index contributed by atoms with van der Waals surface area (Å²) in [7, 11) is 1.61. The number of benzene rings is 3. The van der Waals surface area contributed by atoms with Crippen molar-refractivity contribution in [2.24, 2.45) is 0 Å². The van der Waals surface area contributed by atoms with Crippen LogP contribution in [-0.4, -0.2) is 25.6 Å². The number of carbonyl (C=O) groups is 2. The second-order valence-electron chi connectivity index (χ2n) is 7.30. The van der Waals surface area contributed by atoms with E-state index in [1.54, 1.807) is 37.1 Å².